The van der Waals surface area contributed by atoms with E-state index in [0.717, 1.165) is 18.7 Å². The first-order valence-electron chi connectivity index (χ1n) is 7.50. The summed E-state index contributed by atoms with van der Waals surface area (Å²) in [6.45, 7) is 3.91. The maximum absolute atomic E-state index is 7.44. The molecule has 3 rings (SSSR count). The summed E-state index contributed by atoms with van der Waals surface area (Å²) in [5.74, 6) is 0.896. The van der Waals surface area contributed by atoms with Crippen LogP contribution in [-0.2, 0) is 5.54 Å². The molecule has 0 amide bonds. The third-order valence-corrected chi connectivity index (χ3v) is 4.03. The summed E-state index contributed by atoms with van der Waals surface area (Å²) < 4.78 is 0. The minimum atomic E-state index is 0.00259. The Morgan fingerprint density at radius 3 is 2.81 bits per heavy atom. The lowest BCUT2D eigenvalue weighted by Gasteiger charge is -2.15. The molecule has 1 aliphatic carbocycles. The second kappa shape index (κ2) is 5.32. The van der Waals surface area contributed by atoms with E-state index in [-0.39, 0.29) is 5.54 Å². The summed E-state index contributed by atoms with van der Waals surface area (Å²) in [6, 6.07) is 9.09. The van der Waals surface area contributed by atoms with Crippen LogP contribution < -0.4 is 5.32 Å². The van der Waals surface area contributed by atoms with Crippen molar-refractivity contribution in [2.24, 2.45) is 4.99 Å². The maximum Gasteiger partial charge on any atom is 0.122 e. The summed E-state index contributed by atoms with van der Waals surface area (Å²) in [5, 5.41) is 11.0. The Morgan fingerprint density at radius 2 is 2.14 bits per heavy atom. The zero-order valence-electron chi connectivity index (χ0n) is 12.6. The molecule has 3 nitrogen and oxygen atoms in total. The highest BCUT2D eigenvalue weighted by Gasteiger charge is 2.59. The molecule has 1 aliphatic heterocycles. The smallest absolute Gasteiger partial charge is 0.122 e. The second-order valence-corrected chi connectivity index (χ2v) is 5.78. The van der Waals surface area contributed by atoms with Gasteiger partial charge in [-0.15, -0.1) is 0 Å². The Balaban J connectivity index is 1.72. The number of fused-ring (bicyclic) bond motifs is 1. The predicted molar refractivity (Wildman–Crippen MR) is 89.0 cm³/mol. The highest BCUT2D eigenvalue weighted by atomic mass is 15.2. The van der Waals surface area contributed by atoms with E-state index in [1.54, 1.807) is 13.0 Å². The highest BCUT2D eigenvalue weighted by molar-refractivity contribution is 6.02. The van der Waals surface area contributed by atoms with E-state index in [1.165, 1.54) is 11.1 Å². The van der Waals surface area contributed by atoms with Gasteiger partial charge in [0.15, 0.2) is 0 Å². The molecule has 3 heteroatoms. The standard InChI is InChI=1S/C18H21N3/c1-3-4-5-14-7-9-15(10-8-14)18-12-16(18)20-17(21-18)11-6-13(2)19/h4-11,16,19H,3,12H2,1-2H3,(H,20,21)/b5-4+,11-6-,19-13?. The Labute approximate surface area is 126 Å². The van der Waals surface area contributed by atoms with E-state index >= 15 is 0 Å². The summed E-state index contributed by atoms with van der Waals surface area (Å²) in [4.78, 5) is 4.66. The van der Waals surface area contributed by atoms with E-state index in [0.29, 0.717) is 11.8 Å². The van der Waals surface area contributed by atoms with Gasteiger partial charge >= 0.3 is 0 Å². The largest absolute Gasteiger partial charge is 0.359 e. The van der Waals surface area contributed by atoms with Crippen molar-refractivity contribution in [1.82, 2.24) is 5.32 Å². The Kier molecular flexibility index (Phi) is 3.50. The lowest BCUT2D eigenvalue weighted by molar-refractivity contribution is 0.652. The van der Waals surface area contributed by atoms with Crippen molar-refractivity contribution in [3.8, 4) is 0 Å². The minimum Gasteiger partial charge on any atom is -0.359 e. The quantitative estimate of drug-likeness (QED) is 0.794. The van der Waals surface area contributed by atoms with Crippen LogP contribution in [0.1, 0.15) is 37.8 Å². The van der Waals surface area contributed by atoms with Crippen LogP contribution in [-0.4, -0.2) is 17.6 Å². The zero-order valence-corrected chi connectivity index (χ0v) is 12.6. The van der Waals surface area contributed by atoms with Crippen molar-refractivity contribution < 1.29 is 0 Å². The Bertz CT molecular complexity index is 637. The third kappa shape index (κ3) is 2.68. The van der Waals surface area contributed by atoms with Crippen molar-refractivity contribution in [3.63, 3.8) is 0 Å². The lowest BCUT2D eigenvalue weighted by Crippen LogP contribution is -2.31. The molecule has 108 valence electrons. The molecular formula is C18H21N3. The fraction of sp³-hybridized carbons (Fsp3) is 0.333. The van der Waals surface area contributed by atoms with Gasteiger partial charge in [-0.3, -0.25) is 4.99 Å². The second-order valence-electron chi connectivity index (χ2n) is 5.78. The fourth-order valence-electron chi connectivity index (χ4n) is 2.78. The topological polar surface area (TPSA) is 48.2 Å². The number of nitrogens with zero attached hydrogens (tertiary/aromatic N) is 1. The zero-order chi connectivity index (χ0) is 14.9. The monoisotopic (exact) mass is 279 g/mol. The summed E-state index contributed by atoms with van der Waals surface area (Å²) in [7, 11) is 0. The van der Waals surface area contributed by atoms with Crippen molar-refractivity contribution in [1.29, 1.82) is 5.41 Å². The van der Waals surface area contributed by atoms with Crippen LogP contribution in [0.4, 0.5) is 0 Å². The lowest BCUT2D eigenvalue weighted by atomic mass is 10.0. The molecule has 1 fully saturated rings. The van der Waals surface area contributed by atoms with Gasteiger partial charge in [0.2, 0.25) is 0 Å². The van der Waals surface area contributed by atoms with E-state index < -0.39 is 0 Å². The molecule has 0 spiro atoms. The number of hydrogen-bond acceptors (Lipinski definition) is 3. The van der Waals surface area contributed by atoms with Crippen LogP contribution in [0.25, 0.3) is 6.08 Å². The Hall–Kier alpha value is -2.16. The average Bonchev–Trinajstić information content (AvgIpc) is 3.06. The minimum absolute atomic E-state index is 0.00259. The van der Waals surface area contributed by atoms with Crippen molar-refractivity contribution in [2.45, 2.75) is 38.3 Å². The van der Waals surface area contributed by atoms with Crippen LogP contribution in [0.5, 0.6) is 0 Å². The van der Waals surface area contributed by atoms with Crippen molar-refractivity contribution >= 4 is 17.6 Å². The first kappa shape index (κ1) is 13.8. The molecule has 2 atom stereocenters. The molecule has 1 saturated carbocycles. The van der Waals surface area contributed by atoms with Crippen molar-refractivity contribution in [3.05, 3.63) is 53.6 Å². The number of benzene rings is 1. The van der Waals surface area contributed by atoms with Crippen LogP contribution >= 0.6 is 0 Å². The molecule has 0 saturated heterocycles. The van der Waals surface area contributed by atoms with Crippen LogP contribution in [0.2, 0.25) is 0 Å². The molecule has 0 bridgehead atoms. The van der Waals surface area contributed by atoms with E-state index in [4.69, 9.17) is 5.41 Å². The van der Waals surface area contributed by atoms with Gasteiger partial charge in [-0.2, -0.15) is 0 Å². The van der Waals surface area contributed by atoms with E-state index in [1.807, 2.05) is 6.08 Å². The van der Waals surface area contributed by atoms with Crippen LogP contribution in [0.3, 0.4) is 0 Å². The van der Waals surface area contributed by atoms with E-state index in [2.05, 4.69) is 53.7 Å². The van der Waals surface area contributed by atoms with Crippen LogP contribution in [0.15, 0.2) is 47.5 Å². The number of nitrogens with one attached hydrogen (secondary N) is 2. The molecular weight excluding hydrogens is 258 g/mol. The van der Waals surface area contributed by atoms with Gasteiger partial charge in [-0.25, -0.2) is 0 Å². The maximum atomic E-state index is 7.44. The molecule has 2 aliphatic rings. The molecule has 21 heavy (non-hydrogen) atoms. The molecule has 1 aromatic carbocycles. The average molecular weight is 279 g/mol. The SMILES string of the molecule is CC/C=C/c1ccc(C23CC2N=C(/C=C\C(C)=N)N3)cc1. The number of hydrogen-bond donors (Lipinski definition) is 2. The van der Waals surface area contributed by atoms with Gasteiger partial charge in [0.05, 0.1) is 11.6 Å². The predicted octanol–water partition coefficient (Wildman–Crippen LogP) is 3.67. The Morgan fingerprint density at radius 1 is 1.38 bits per heavy atom. The number of amidine groups is 1. The third-order valence-electron chi connectivity index (χ3n) is 4.03. The molecule has 0 radical (unpaired) electrons. The normalized spacial score (nSPS) is 26.8. The number of aliphatic imine (C=N–C) groups is 1. The van der Waals surface area contributed by atoms with Crippen LogP contribution in [0, 0.1) is 5.41 Å². The van der Waals surface area contributed by atoms with Crippen molar-refractivity contribution in [2.75, 3.05) is 0 Å². The molecule has 0 aromatic heterocycles. The van der Waals surface area contributed by atoms with Gasteiger partial charge in [-0.1, -0.05) is 43.3 Å². The van der Waals surface area contributed by atoms with Gasteiger partial charge < -0.3 is 10.7 Å². The van der Waals surface area contributed by atoms with Gasteiger partial charge in [0.25, 0.3) is 0 Å². The van der Waals surface area contributed by atoms with E-state index in [9.17, 15) is 0 Å². The molecule has 2 N–H and O–H groups in total. The summed E-state index contributed by atoms with van der Waals surface area (Å²) in [6.07, 6.45) is 10.1. The summed E-state index contributed by atoms with van der Waals surface area (Å²) >= 11 is 0. The number of allylic oxidation sites excluding steroid dienone is 2. The molecule has 1 heterocycles. The van der Waals surface area contributed by atoms with Gasteiger partial charge in [0, 0.05) is 12.1 Å². The molecule has 2 unspecified atom stereocenters. The first-order valence-corrected chi connectivity index (χ1v) is 7.50. The van der Waals surface area contributed by atoms with Gasteiger partial charge in [-0.05, 0) is 36.6 Å². The number of rotatable bonds is 5. The fourth-order valence-corrected chi connectivity index (χ4v) is 2.78. The molecule has 1 aromatic rings. The van der Waals surface area contributed by atoms with Gasteiger partial charge in [0.1, 0.15) is 5.84 Å². The summed E-state index contributed by atoms with van der Waals surface area (Å²) in [5.41, 5.74) is 3.09. The highest BCUT2D eigenvalue weighted by Crippen LogP contribution is 2.51. The first-order chi connectivity index (χ1) is 10.1.